The quantitative estimate of drug-likeness (QED) is 0.880. The Morgan fingerprint density at radius 1 is 1.50 bits per heavy atom. The molecule has 4 rings (SSSR count). The van der Waals surface area contributed by atoms with E-state index in [9.17, 15) is 4.79 Å². The molecular formula is C17H21N3O2. The number of carbonyl (C=O) groups excluding carboxylic acids is 1. The van der Waals surface area contributed by atoms with Crippen LogP contribution in [0.5, 0.6) is 0 Å². The monoisotopic (exact) mass is 299 g/mol. The molecule has 3 atom stereocenters. The number of ether oxygens (including phenoxy) is 1. The third-order valence-electron chi connectivity index (χ3n) is 5.55. The molecule has 116 valence electrons. The zero-order valence-corrected chi connectivity index (χ0v) is 12.9. The van der Waals surface area contributed by atoms with Crippen molar-refractivity contribution in [3.8, 4) is 0 Å². The summed E-state index contributed by atoms with van der Waals surface area (Å²) in [7, 11) is 3.81. The first kappa shape index (κ1) is 13.8. The number of carbonyl (C=O) groups is 1. The minimum atomic E-state index is -0.471. The van der Waals surface area contributed by atoms with Gasteiger partial charge in [0.15, 0.2) is 0 Å². The molecule has 0 radical (unpaired) electrons. The van der Waals surface area contributed by atoms with Crippen LogP contribution in [0, 0.1) is 5.92 Å². The van der Waals surface area contributed by atoms with E-state index in [0.29, 0.717) is 13.0 Å². The van der Waals surface area contributed by atoms with Crippen molar-refractivity contribution in [2.75, 3.05) is 20.7 Å². The molecule has 2 aromatic rings. The molecule has 2 aliphatic rings. The van der Waals surface area contributed by atoms with Crippen molar-refractivity contribution in [3.63, 3.8) is 0 Å². The third-order valence-corrected chi connectivity index (χ3v) is 5.55. The lowest BCUT2D eigenvalue weighted by Gasteiger charge is -2.52. The maximum Gasteiger partial charge on any atom is 0.221 e. The molecule has 1 aliphatic heterocycles. The van der Waals surface area contributed by atoms with Gasteiger partial charge in [-0.15, -0.1) is 0 Å². The minimum absolute atomic E-state index is 0.183. The van der Waals surface area contributed by atoms with Gasteiger partial charge in [0.2, 0.25) is 5.91 Å². The third kappa shape index (κ3) is 1.63. The topological polar surface area (TPSA) is 71.3 Å². The highest BCUT2D eigenvalue weighted by atomic mass is 16.5. The zero-order chi connectivity index (χ0) is 15.5. The Labute approximate surface area is 129 Å². The lowest BCUT2D eigenvalue weighted by molar-refractivity contribution is -0.145. The van der Waals surface area contributed by atoms with Gasteiger partial charge in [0.25, 0.3) is 0 Å². The van der Waals surface area contributed by atoms with Crippen LogP contribution < -0.4 is 5.73 Å². The van der Waals surface area contributed by atoms with Crippen molar-refractivity contribution in [2.45, 2.75) is 24.5 Å². The first-order chi connectivity index (χ1) is 10.6. The van der Waals surface area contributed by atoms with Gasteiger partial charge >= 0.3 is 0 Å². The standard InChI is InChI=1S/C17H21N3O2/c1-20-9-11(16(18)21)7-17(22-2)12-4-3-5-13-15(12)10(8-19-13)6-14(17)20/h3-5,8,11,14,19H,6-7,9H2,1-2H3,(H2,18,21). The van der Waals surface area contributed by atoms with Crippen LogP contribution in [-0.2, 0) is 21.6 Å². The molecule has 2 heterocycles. The number of aromatic nitrogens is 1. The van der Waals surface area contributed by atoms with Crippen molar-refractivity contribution >= 4 is 16.8 Å². The van der Waals surface area contributed by atoms with Crippen molar-refractivity contribution in [1.82, 2.24) is 9.88 Å². The molecule has 3 unspecified atom stereocenters. The number of nitrogens with zero attached hydrogens (tertiary/aromatic N) is 1. The van der Waals surface area contributed by atoms with Crippen LogP contribution in [0.25, 0.3) is 10.9 Å². The average molecular weight is 299 g/mol. The average Bonchev–Trinajstić information content (AvgIpc) is 2.93. The summed E-state index contributed by atoms with van der Waals surface area (Å²) in [6.07, 6.45) is 3.67. The lowest BCUT2D eigenvalue weighted by Crippen LogP contribution is -2.60. The summed E-state index contributed by atoms with van der Waals surface area (Å²) < 4.78 is 6.09. The highest BCUT2D eigenvalue weighted by Crippen LogP contribution is 2.49. The van der Waals surface area contributed by atoms with Crippen LogP contribution in [0.15, 0.2) is 24.4 Å². The van der Waals surface area contributed by atoms with Gasteiger partial charge in [-0.3, -0.25) is 9.69 Å². The van der Waals surface area contributed by atoms with Crippen molar-refractivity contribution in [3.05, 3.63) is 35.5 Å². The number of amides is 1. The number of piperidine rings is 1. The highest BCUT2D eigenvalue weighted by molar-refractivity contribution is 5.89. The van der Waals surface area contributed by atoms with E-state index in [2.05, 4.69) is 41.3 Å². The molecule has 22 heavy (non-hydrogen) atoms. The van der Waals surface area contributed by atoms with Crippen molar-refractivity contribution < 1.29 is 9.53 Å². The molecule has 0 bridgehead atoms. The van der Waals surface area contributed by atoms with E-state index in [1.807, 2.05) is 0 Å². The van der Waals surface area contributed by atoms with Crippen molar-refractivity contribution in [1.29, 1.82) is 0 Å². The second-order valence-corrected chi connectivity index (χ2v) is 6.60. The van der Waals surface area contributed by atoms with E-state index in [0.717, 1.165) is 11.9 Å². The number of nitrogens with two attached hydrogens (primary N) is 1. The van der Waals surface area contributed by atoms with E-state index in [-0.39, 0.29) is 17.9 Å². The Kier molecular flexibility index (Phi) is 2.86. The van der Waals surface area contributed by atoms with Crippen LogP contribution in [0.2, 0.25) is 0 Å². The number of likely N-dealkylation sites (tertiary alicyclic amines) is 1. The summed E-state index contributed by atoms with van der Waals surface area (Å²) in [5, 5.41) is 1.25. The number of benzene rings is 1. The molecule has 1 fully saturated rings. The molecule has 1 aromatic carbocycles. The summed E-state index contributed by atoms with van der Waals surface area (Å²) in [6.45, 7) is 0.695. The normalized spacial score (nSPS) is 31.2. The Morgan fingerprint density at radius 2 is 2.32 bits per heavy atom. The number of primary amides is 1. The minimum Gasteiger partial charge on any atom is -0.372 e. The SMILES string of the molecule is COC12CC(C(N)=O)CN(C)C1Cc1c[nH]c3cccc2c13. The number of hydrogen-bond donors (Lipinski definition) is 2. The largest absolute Gasteiger partial charge is 0.372 e. The first-order valence-electron chi connectivity index (χ1n) is 7.71. The molecule has 1 saturated heterocycles. The van der Waals surface area contributed by atoms with Gasteiger partial charge in [-0.05, 0) is 37.1 Å². The molecule has 1 aromatic heterocycles. The smallest absolute Gasteiger partial charge is 0.221 e. The predicted molar refractivity (Wildman–Crippen MR) is 84.4 cm³/mol. The van der Waals surface area contributed by atoms with Gasteiger partial charge in [-0.2, -0.15) is 0 Å². The van der Waals surface area contributed by atoms with Gasteiger partial charge in [0, 0.05) is 36.8 Å². The highest BCUT2D eigenvalue weighted by Gasteiger charge is 2.52. The van der Waals surface area contributed by atoms with E-state index in [1.165, 1.54) is 16.5 Å². The van der Waals surface area contributed by atoms with Gasteiger partial charge in [0.1, 0.15) is 5.60 Å². The second-order valence-electron chi connectivity index (χ2n) is 6.60. The molecule has 0 spiro atoms. The first-order valence-corrected chi connectivity index (χ1v) is 7.71. The number of likely N-dealkylation sites (N-methyl/N-ethyl adjacent to an activating group) is 1. The lowest BCUT2D eigenvalue weighted by atomic mass is 9.68. The molecule has 5 heteroatoms. The molecular weight excluding hydrogens is 278 g/mol. The number of fused-ring (bicyclic) bond motifs is 2. The van der Waals surface area contributed by atoms with Crippen LogP contribution in [0.3, 0.4) is 0 Å². The Balaban J connectivity index is 1.95. The van der Waals surface area contributed by atoms with Crippen LogP contribution in [0.1, 0.15) is 17.5 Å². The summed E-state index contributed by atoms with van der Waals surface area (Å²) >= 11 is 0. The predicted octanol–water partition coefficient (Wildman–Crippen LogP) is 1.37. The number of hydrogen-bond acceptors (Lipinski definition) is 3. The maximum absolute atomic E-state index is 11.8. The van der Waals surface area contributed by atoms with E-state index in [4.69, 9.17) is 10.5 Å². The van der Waals surface area contributed by atoms with Crippen LogP contribution in [-0.4, -0.2) is 42.5 Å². The summed E-state index contributed by atoms with van der Waals surface area (Å²) in [5.41, 5.74) is 8.77. The second kappa shape index (κ2) is 4.57. The molecule has 5 nitrogen and oxygen atoms in total. The Hall–Kier alpha value is -1.85. The number of methoxy groups -OCH3 is 1. The Morgan fingerprint density at radius 3 is 3.05 bits per heavy atom. The fourth-order valence-electron chi connectivity index (χ4n) is 4.51. The number of rotatable bonds is 2. The van der Waals surface area contributed by atoms with Crippen LogP contribution >= 0.6 is 0 Å². The molecule has 3 N–H and O–H groups in total. The van der Waals surface area contributed by atoms with E-state index in [1.54, 1.807) is 7.11 Å². The van der Waals surface area contributed by atoms with E-state index >= 15 is 0 Å². The number of H-pyrrole nitrogens is 1. The Bertz CT molecular complexity index is 753. The summed E-state index contributed by atoms with van der Waals surface area (Å²) in [5.74, 6) is -0.425. The maximum atomic E-state index is 11.8. The fraction of sp³-hybridized carbons (Fsp3) is 0.471. The van der Waals surface area contributed by atoms with Gasteiger partial charge in [-0.1, -0.05) is 12.1 Å². The van der Waals surface area contributed by atoms with Gasteiger partial charge in [-0.25, -0.2) is 0 Å². The van der Waals surface area contributed by atoms with Gasteiger partial charge in [0.05, 0.1) is 5.92 Å². The summed E-state index contributed by atoms with van der Waals surface area (Å²) in [6, 6.07) is 6.49. The summed E-state index contributed by atoms with van der Waals surface area (Å²) in [4.78, 5) is 17.4. The molecule has 1 amide bonds. The zero-order valence-electron chi connectivity index (χ0n) is 12.9. The molecule has 0 saturated carbocycles. The van der Waals surface area contributed by atoms with Gasteiger partial charge < -0.3 is 15.5 Å². The molecule has 1 aliphatic carbocycles. The number of nitrogens with one attached hydrogen (secondary N) is 1. The fourth-order valence-corrected chi connectivity index (χ4v) is 4.51. The number of aromatic amines is 1. The van der Waals surface area contributed by atoms with E-state index < -0.39 is 5.60 Å². The van der Waals surface area contributed by atoms with Crippen LogP contribution in [0.4, 0.5) is 0 Å². The van der Waals surface area contributed by atoms with Crippen molar-refractivity contribution in [2.24, 2.45) is 11.7 Å².